The lowest BCUT2D eigenvalue weighted by Gasteiger charge is -2.18. The number of ketones is 1. The van der Waals surface area contributed by atoms with Crippen LogP contribution in [0.15, 0.2) is 42.5 Å². The van der Waals surface area contributed by atoms with Crippen LogP contribution in [0.2, 0.25) is 0 Å². The van der Waals surface area contributed by atoms with E-state index in [0.717, 1.165) is 15.2 Å². The molecule has 2 aromatic carbocycles. The van der Waals surface area contributed by atoms with Crippen molar-refractivity contribution in [1.82, 2.24) is 4.98 Å². The molecule has 0 N–H and O–H groups in total. The molecule has 0 saturated carbocycles. The van der Waals surface area contributed by atoms with Crippen LogP contribution in [0, 0.1) is 0 Å². The summed E-state index contributed by atoms with van der Waals surface area (Å²) in [5, 5.41) is 0.881. The van der Waals surface area contributed by atoms with Crippen molar-refractivity contribution >= 4 is 33.3 Å². The molecule has 138 valence electrons. The zero-order valence-electron chi connectivity index (χ0n) is 14.5. The van der Waals surface area contributed by atoms with Crippen LogP contribution in [0.3, 0.4) is 0 Å². The van der Waals surface area contributed by atoms with Crippen LogP contribution in [0.25, 0.3) is 10.2 Å². The van der Waals surface area contributed by atoms with Crippen molar-refractivity contribution in [2.45, 2.75) is 12.8 Å². The number of fused-ring (bicyclic) bond motifs is 2. The highest BCUT2D eigenvalue weighted by atomic mass is 32.1. The number of hydrogen-bond donors (Lipinski definition) is 0. The monoisotopic (exact) mass is 383 g/mol. The zero-order chi connectivity index (χ0) is 18.6. The molecule has 4 rings (SSSR count). The standard InChI is InChI=1S/C20H17NO5S/c22-15(13-5-6-16-17(11-13)25-10-9-24-16)12-26-20(23)8-7-19-21-14-3-1-2-4-18(14)27-19/h1-6,11H,7-10,12H2. The van der Waals surface area contributed by atoms with Gasteiger partial charge in [-0.2, -0.15) is 0 Å². The van der Waals surface area contributed by atoms with E-state index in [1.807, 2.05) is 24.3 Å². The van der Waals surface area contributed by atoms with Crippen LogP contribution in [0.1, 0.15) is 21.8 Å². The van der Waals surface area contributed by atoms with Gasteiger partial charge in [0.1, 0.15) is 13.2 Å². The molecule has 2 heterocycles. The van der Waals surface area contributed by atoms with Gasteiger partial charge < -0.3 is 14.2 Å². The number of thiazole rings is 1. The van der Waals surface area contributed by atoms with Crippen molar-refractivity contribution in [2.24, 2.45) is 0 Å². The fraction of sp³-hybridized carbons (Fsp3) is 0.250. The molecule has 0 aliphatic carbocycles. The third-order valence-corrected chi connectivity index (χ3v) is 5.21. The molecular weight excluding hydrogens is 366 g/mol. The van der Waals surface area contributed by atoms with Crippen molar-refractivity contribution in [3.8, 4) is 11.5 Å². The molecular formula is C20H17NO5S. The predicted molar refractivity (Wildman–Crippen MR) is 101 cm³/mol. The fourth-order valence-electron chi connectivity index (χ4n) is 2.75. The molecule has 0 amide bonds. The summed E-state index contributed by atoms with van der Waals surface area (Å²) >= 11 is 1.56. The number of ether oxygens (including phenoxy) is 3. The van der Waals surface area contributed by atoms with E-state index in [1.54, 1.807) is 29.5 Å². The molecule has 0 unspecified atom stereocenters. The minimum atomic E-state index is -0.417. The van der Waals surface area contributed by atoms with E-state index in [0.29, 0.717) is 36.7 Å². The number of esters is 1. The Balaban J connectivity index is 1.29. The average Bonchev–Trinajstić information content (AvgIpc) is 3.13. The maximum atomic E-state index is 12.2. The number of carbonyl (C=O) groups is 2. The van der Waals surface area contributed by atoms with Gasteiger partial charge in [0.25, 0.3) is 0 Å². The number of aromatic nitrogens is 1. The van der Waals surface area contributed by atoms with Crippen LogP contribution in [-0.2, 0) is 16.0 Å². The maximum absolute atomic E-state index is 12.2. The van der Waals surface area contributed by atoms with Gasteiger partial charge in [-0.3, -0.25) is 9.59 Å². The van der Waals surface area contributed by atoms with Gasteiger partial charge in [-0.25, -0.2) is 4.98 Å². The molecule has 7 heteroatoms. The summed E-state index contributed by atoms with van der Waals surface area (Å²) in [5.74, 6) is 0.459. The minimum Gasteiger partial charge on any atom is -0.486 e. The van der Waals surface area contributed by atoms with Crippen molar-refractivity contribution in [3.05, 3.63) is 53.0 Å². The molecule has 3 aromatic rings. The number of para-hydroxylation sites is 1. The Morgan fingerprint density at radius 1 is 1.07 bits per heavy atom. The highest BCUT2D eigenvalue weighted by molar-refractivity contribution is 7.18. The number of benzene rings is 2. The van der Waals surface area contributed by atoms with Gasteiger partial charge in [-0.1, -0.05) is 12.1 Å². The summed E-state index contributed by atoms with van der Waals surface area (Å²) in [4.78, 5) is 28.7. The smallest absolute Gasteiger partial charge is 0.306 e. The molecule has 0 bridgehead atoms. The normalized spacial score (nSPS) is 12.7. The predicted octanol–water partition coefficient (Wildman–Crippen LogP) is 3.43. The number of carbonyl (C=O) groups excluding carboxylic acids is 2. The number of rotatable bonds is 6. The Morgan fingerprint density at radius 2 is 1.89 bits per heavy atom. The molecule has 0 atom stereocenters. The quantitative estimate of drug-likeness (QED) is 0.480. The second-order valence-corrected chi connectivity index (χ2v) is 7.13. The molecule has 0 saturated heterocycles. The third kappa shape index (κ3) is 4.09. The lowest BCUT2D eigenvalue weighted by atomic mass is 10.1. The molecule has 1 aliphatic heterocycles. The first kappa shape index (κ1) is 17.5. The summed E-state index contributed by atoms with van der Waals surface area (Å²) in [6.07, 6.45) is 0.685. The van der Waals surface area contributed by atoms with Crippen LogP contribution in [0.5, 0.6) is 11.5 Å². The molecule has 6 nitrogen and oxygen atoms in total. The summed E-state index contributed by atoms with van der Waals surface area (Å²) in [5.41, 5.74) is 1.36. The van der Waals surface area contributed by atoms with Gasteiger partial charge in [0.05, 0.1) is 21.6 Å². The Hall–Kier alpha value is -2.93. The van der Waals surface area contributed by atoms with E-state index < -0.39 is 5.97 Å². The summed E-state index contributed by atoms with van der Waals surface area (Å²) < 4.78 is 17.1. The largest absolute Gasteiger partial charge is 0.486 e. The molecule has 27 heavy (non-hydrogen) atoms. The van der Waals surface area contributed by atoms with E-state index >= 15 is 0 Å². The van der Waals surface area contributed by atoms with Gasteiger partial charge >= 0.3 is 5.97 Å². The number of Topliss-reactive ketones (excluding diaryl/α,β-unsaturated/α-hetero) is 1. The van der Waals surface area contributed by atoms with Crippen LogP contribution >= 0.6 is 11.3 Å². The van der Waals surface area contributed by atoms with Crippen LogP contribution < -0.4 is 9.47 Å². The zero-order valence-corrected chi connectivity index (χ0v) is 15.3. The molecule has 1 aliphatic rings. The maximum Gasteiger partial charge on any atom is 0.306 e. The lowest BCUT2D eigenvalue weighted by Crippen LogP contribution is -2.17. The second kappa shape index (κ2) is 7.75. The highest BCUT2D eigenvalue weighted by Gasteiger charge is 2.16. The Kier molecular flexibility index (Phi) is 5.02. The fourth-order valence-corrected chi connectivity index (χ4v) is 3.72. The van der Waals surface area contributed by atoms with E-state index in [9.17, 15) is 9.59 Å². The number of hydrogen-bond acceptors (Lipinski definition) is 7. The van der Waals surface area contributed by atoms with E-state index in [-0.39, 0.29) is 18.8 Å². The summed E-state index contributed by atoms with van der Waals surface area (Å²) in [7, 11) is 0. The third-order valence-electron chi connectivity index (χ3n) is 4.11. The molecule has 1 aromatic heterocycles. The van der Waals surface area contributed by atoms with Crippen molar-refractivity contribution in [1.29, 1.82) is 0 Å². The van der Waals surface area contributed by atoms with Gasteiger partial charge in [-0.15, -0.1) is 11.3 Å². The Labute approximate surface area is 159 Å². The molecule has 0 spiro atoms. The molecule has 0 radical (unpaired) electrons. The lowest BCUT2D eigenvalue weighted by molar-refractivity contribution is -0.142. The Morgan fingerprint density at radius 3 is 2.74 bits per heavy atom. The van der Waals surface area contributed by atoms with Gasteiger partial charge in [-0.05, 0) is 30.3 Å². The first-order chi connectivity index (χ1) is 13.2. The van der Waals surface area contributed by atoms with Crippen molar-refractivity contribution in [3.63, 3.8) is 0 Å². The van der Waals surface area contributed by atoms with Crippen molar-refractivity contribution < 1.29 is 23.8 Å². The first-order valence-corrected chi connectivity index (χ1v) is 9.43. The SMILES string of the molecule is O=C(CCc1nc2ccccc2s1)OCC(=O)c1ccc2c(c1)OCCO2. The van der Waals surface area contributed by atoms with Crippen LogP contribution in [-0.4, -0.2) is 36.6 Å². The number of aryl methyl sites for hydroxylation is 1. The minimum absolute atomic E-state index is 0.189. The van der Waals surface area contributed by atoms with E-state index in [4.69, 9.17) is 14.2 Å². The Bertz CT molecular complexity index is 964. The summed E-state index contributed by atoms with van der Waals surface area (Å²) in [6, 6.07) is 12.8. The topological polar surface area (TPSA) is 74.7 Å². The highest BCUT2D eigenvalue weighted by Crippen LogP contribution is 2.30. The van der Waals surface area contributed by atoms with Crippen molar-refractivity contribution in [2.75, 3.05) is 19.8 Å². The number of nitrogens with zero attached hydrogens (tertiary/aromatic N) is 1. The van der Waals surface area contributed by atoms with Gasteiger partial charge in [0, 0.05) is 12.0 Å². The van der Waals surface area contributed by atoms with Gasteiger partial charge in [0.15, 0.2) is 23.9 Å². The van der Waals surface area contributed by atoms with E-state index in [1.165, 1.54) is 0 Å². The van der Waals surface area contributed by atoms with Gasteiger partial charge in [0.2, 0.25) is 0 Å². The molecule has 0 fully saturated rings. The van der Waals surface area contributed by atoms with E-state index in [2.05, 4.69) is 4.98 Å². The van der Waals surface area contributed by atoms with Crippen LogP contribution in [0.4, 0.5) is 0 Å². The second-order valence-electron chi connectivity index (χ2n) is 6.02. The summed E-state index contributed by atoms with van der Waals surface area (Å²) in [6.45, 7) is 0.649. The average molecular weight is 383 g/mol. The first-order valence-electron chi connectivity index (χ1n) is 8.62.